The number of nitrogen functional groups attached to an aromatic ring is 1. The number of nitrogens with two attached hydrogens (primary N) is 1. The van der Waals surface area contributed by atoms with E-state index < -0.39 is 10.0 Å². The van der Waals surface area contributed by atoms with Gasteiger partial charge in [0.2, 0.25) is 10.0 Å². The Morgan fingerprint density at radius 2 is 1.57 bits per heavy atom. The Morgan fingerprint density at radius 1 is 1.00 bits per heavy atom. The number of hydrogen-bond donors (Lipinski definition) is 1. The summed E-state index contributed by atoms with van der Waals surface area (Å²) < 4.78 is 27.2. The van der Waals surface area contributed by atoms with Crippen molar-refractivity contribution in [1.29, 1.82) is 0 Å². The van der Waals surface area contributed by atoms with Crippen molar-refractivity contribution in [3.05, 3.63) is 36.4 Å². The summed E-state index contributed by atoms with van der Waals surface area (Å²) in [5.74, 6) is 0.241. The van der Waals surface area contributed by atoms with E-state index in [1.807, 2.05) is 39.0 Å². The number of fused-ring (bicyclic) bond motifs is 1. The SMILES string of the molecule is CC(C)C(C)N(C)S(=O)(=O)c1ccc(N)c2ccccc12. The van der Waals surface area contributed by atoms with Crippen LogP contribution in [0.15, 0.2) is 41.3 Å². The van der Waals surface area contributed by atoms with Crippen LogP contribution < -0.4 is 5.73 Å². The summed E-state index contributed by atoms with van der Waals surface area (Å²) in [6, 6.07) is 10.5. The van der Waals surface area contributed by atoms with Crippen molar-refractivity contribution in [3.63, 3.8) is 0 Å². The van der Waals surface area contributed by atoms with Crippen molar-refractivity contribution in [2.75, 3.05) is 12.8 Å². The normalized spacial score (nSPS) is 14.0. The van der Waals surface area contributed by atoms with Gasteiger partial charge in [0.25, 0.3) is 0 Å². The first-order chi connectivity index (χ1) is 9.76. The van der Waals surface area contributed by atoms with Gasteiger partial charge in [-0.3, -0.25) is 0 Å². The second-order valence-corrected chi connectivity index (χ2v) is 7.67. The van der Waals surface area contributed by atoms with Crippen LogP contribution >= 0.6 is 0 Å². The van der Waals surface area contributed by atoms with Crippen LogP contribution in [-0.4, -0.2) is 25.8 Å². The molecule has 0 spiro atoms. The predicted molar refractivity (Wildman–Crippen MR) is 87.6 cm³/mol. The average molecular weight is 306 g/mol. The lowest BCUT2D eigenvalue weighted by Gasteiger charge is -2.27. The monoisotopic (exact) mass is 306 g/mol. The van der Waals surface area contributed by atoms with E-state index in [2.05, 4.69) is 0 Å². The summed E-state index contributed by atoms with van der Waals surface area (Å²) in [5.41, 5.74) is 6.53. The average Bonchev–Trinajstić information content (AvgIpc) is 2.45. The minimum Gasteiger partial charge on any atom is -0.398 e. The van der Waals surface area contributed by atoms with E-state index in [1.54, 1.807) is 25.2 Å². The van der Waals surface area contributed by atoms with E-state index in [-0.39, 0.29) is 12.0 Å². The fraction of sp³-hybridized carbons (Fsp3) is 0.375. The quantitative estimate of drug-likeness (QED) is 0.883. The maximum atomic E-state index is 12.9. The van der Waals surface area contributed by atoms with Crippen LogP contribution in [0.5, 0.6) is 0 Å². The molecule has 0 aliphatic heterocycles. The topological polar surface area (TPSA) is 63.4 Å². The minimum absolute atomic E-state index is 0.0775. The van der Waals surface area contributed by atoms with Gasteiger partial charge in [-0.15, -0.1) is 0 Å². The highest BCUT2D eigenvalue weighted by atomic mass is 32.2. The Kier molecular flexibility index (Phi) is 4.25. The summed E-state index contributed by atoms with van der Waals surface area (Å²) in [4.78, 5) is 0.308. The molecule has 0 aliphatic carbocycles. The molecule has 2 aromatic carbocycles. The van der Waals surface area contributed by atoms with E-state index in [1.165, 1.54) is 4.31 Å². The lowest BCUT2D eigenvalue weighted by atomic mass is 10.1. The number of rotatable bonds is 4. The van der Waals surface area contributed by atoms with Crippen LogP contribution in [0.4, 0.5) is 5.69 Å². The van der Waals surface area contributed by atoms with Gasteiger partial charge < -0.3 is 5.73 Å². The highest BCUT2D eigenvalue weighted by Gasteiger charge is 2.28. The fourth-order valence-corrected chi connectivity index (χ4v) is 4.00. The number of anilines is 1. The molecule has 0 bridgehead atoms. The molecule has 5 heteroatoms. The molecule has 2 rings (SSSR count). The second-order valence-electron chi connectivity index (χ2n) is 5.70. The first kappa shape index (κ1) is 15.8. The van der Waals surface area contributed by atoms with Crippen molar-refractivity contribution >= 4 is 26.5 Å². The van der Waals surface area contributed by atoms with Gasteiger partial charge in [0.05, 0.1) is 4.90 Å². The van der Waals surface area contributed by atoms with E-state index in [0.29, 0.717) is 16.0 Å². The maximum absolute atomic E-state index is 12.9. The van der Waals surface area contributed by atoms with Gasteiger partial charge in [0.1, 0.15) is 0 Å². The minimum atomic E-state index is -3.55. The molecule has 0 amide bonds. The molecule has 114 valence electrons. The molecule has 4 nitrogen and oxygen atoms in total. The van der Waals surface area contributed by atoms with Gasteiger partial charge in [0, 0.05) is 29.5 Å². The maximum Gasteiger partial charge on any atom is 0.243 e. The zero-order valence-electron chi connectivity index (χ0n) is 12.9. The number of nitrogens with zero attached hydrogens (tertiary/aromatic N) is 1. The van der Waals surface area contributed by atoms with Crippen molar-refractivity contribution in [2.45, 2.75) is 31.7 Å². The van der Waals surface area contributed by atoms with Gasteiger partial charge in [-0.1, -0.05) is 38.1 Å². The van der Waals surface area contributed by atoms with Crippen LogP contribution in [-0.2, 0) is 10.0 Å². The smallest absolute Gasteiger partial charge is 0.243 e. The number of benzene rings is 2. The molecular formula is C16H22N2O2S. The van der Waals surface area contributed by atoms with Gasteiger partial charge in [-0.2, -0.15) is 4.31 Å². The summed E-state index contributed by atoms with van der Waals surface area (Å²) >= 11 is 0. The third kappa shape index (κ3) is 2.76. The first-order valence-corrected chi connectivity index (χ1v) is 8.46. The molecule has 0 fully saturated rings. The summed E-state index contributed by atoms with van der Waals surface area (Å²) in [6.07, 6.45) is 0. The Morgan fingerprint density at radius 3 is 2.14 bits per heavy atom. The van der Waals surface area contributed by atoms with Crippen LogP contribution in [0.1, 0.15) is 20.8 Å². The molecule has 0 saturated carbocycles. The first-order valence-electron chi connectivity index (χ1n) is 7.02. The lowest BCUT2D eigenvalue weighted by Crippen LogP contribution is -2.38. The van der Waals surface area contributed by atoms with Gasteiger partial charge in [-0.05, 0) is 25.0 Å². The fourth-order valence-electron chi connectivity index (χ4n) is 2.31. The zero-order valence-corrected chi connectivity index (χ0v) is 13.7. The van der Waals surface area contributed by atoms with Gasteiger partial charge in [0.15, 0.2) is 0 Å². The van der Waals surface area contributed by atoms with Crippen LogP contribution in [0, 0.1) is 5.92 Å². The standard InChI is InChI=1S/C16H22N2O2S/c1-11(2)12(3)18(4)21(19,20)16-10-9-15(17)13-7-5-6-8-14(13)16/h5-12H,17H2,1-4H3. The Balaban J connectivity index is 2.64. The van der Waals surface area contributed by atoms with Crippen molar-refractivity contribution in [1.82, 2.24) is 4.31 Å². The van der Waals surface area contributed by atoms with Crippen molar-refractivity contribution in [3.8, 4) is 0 Å². The number of sulfonamides is 1. The summed E-state index contributed by atoms with van der Waals surface area (Å²) in [5, 5.41) is 1.43. The van der Waals surface area contributed by atoms with E-state index >= 15 is 0 Å². The largest absolute Gasteiger partial charge is 0.398 e. The van der Waals surface area contributed by atoms with E-state index in [0.717, 1.165) is 5.39 Å². The molecule has 21 heavy (non-hydrogen) atoms. The summed E-state index contributed by atoms with van der Waals surface area (Å²) in [6.45, 7) is 5.94. The Hall–Kier alpha value is -1.59. The molecule has 0 saturated heterocycles. The highest BCUT2D eigenvalue weighted by Crippen LogP contribution is 2.30. The molecule has 0 radical (unpaired) electrons. The van der Waals surface area contributed by atoms with Crippen LogP contribution in [0.2, 0.25) is 0 Å². The Labute approximate surface area is 126 Å². The third-order valence-corrected chi connectivity index (χ3v) is 6.12. The van der Waals surface area contributed by atoms with Crippen molar-refractivity contribution in [2.24, 2.45) is 5.92 Å². The summed E-state index contributed by atoms with van der Waals surface area (Å²) in [7, 11) is -1.92. The molecule has 0 aromatic heterocycles. The van der Waals surface area contributed by atoms with Crippen LogP contribution in [0.25, 0.3) is 10.8 Å². The molecule has 2 N–H and O–H groups in total. The highest BCUT2D eigenvalue weighted by molar-refractivity contribution is 7.89. The second kappa shape index (κ2) is 5.66. The molecule has 2 aromatic rings. The third-order valence-electron chi connectivity index (χ3n) is 4.11. The van der Waals surface area contributed by atoms with E-state index in [9.17, 15) is 8.42 Å². The molecule has 0 aliphatic rings. The van der Waals surface area contributed by atoms with Crippen LogP contribution in [0.3, 0.4) is 0 Å². The molecular weight excluding hydrogens is 284 g/mol. The van der Waals surface area contributed by atoms with Crippen molar-refractivity contribution < 1.29 is 8.42 Å². The molecule has 1 unspecified atom stereocenters. The van der Waals surface area contributed by atoms with E-state index in [4.69, 9.17) is 5.73 Å². The molecule has 0 heterocycles. The van der Waals surface area contributed by atoms with Gasteiger partial charge >= 0.3 is 0 Å². The number of hydrogen-bond acceptors (Lipinski definition) is 3. The zero-order chi connectivity index (χ0) is 15.8. The Bertz CT molecular complexity index is 754. The molecule has 1 atom stereocenters. The predicted octanol–water partition coefficient (Wildman–Crippen LogP) is 3.09. The van der Waals surface area contributed by atoms with Gasteiger partial charge in [-0.25, -0.2) is 8.42 Å². The lowest BCUT2D eigenvalue weighted by molar-refractivity contribution is 0.316.